The van der Waals surface area contributed by atoms with E-state index in [4.69, 9.17) is 0 Å². The van der Waals surface area contributed by atoms with Crippen molar-refractivity contribution in [3.8, 4) is 0 Å². The van der Waals surface area contributed by atoms with Gasteiger partial charge in [0.25, 0.3) is 0 Å². The zero-order valence-corrected chi connectivity index (χ0v) is 14.6. The Kier molecular flexibility index (Phi) is 7.38. The van der Waals surface area contributed by atoms with Crippen LogP contribution in [-0.4, -0.2) is 47.0 Å². The zero-order chi connectivity index (χ0) is 15.1. The number of carbonyl (C=O) groups is 1. The predicted molar refractivity (Wildman–Crippen MR) is 91.8 cm³/mol. The average Bonchev–Trinajstić information content (AvgIpc) is 3.31. The van der Waals surface area contributed by atoms with Gasteiger partial charge >= 0.3 is 0 Å². The van der Waals surface area contributed by atoms with Gasteiger partial charge in [0.2, 0.25) is 5.91 Å². The van der Waals surface area contributed by atoms with Gasteiger partial charge in [-0.3, -0.25) is 4.79 Å². The van der Waals surface area contributed by atoms with Crippen LogP contribution >= 0.6 is 11.8 Å². The first-order valence-electron chi connectivity index (χ1n) is 8.88. The minimum atomic E-state index is 0.252. The molecule has 0 aromatic carbocycles. The highest BCUT2D eigenvalue weighted by atomic mass is 32.2. The van der Waals surface area contributed by atoms with Crippen LogP contribution in [0.25, 0.3) is 0 Å². The van der Waals surface area contributed by atoms with Gasteiger partial charge < -0.3 is 10.2 Å². The molecule has 1 aliphatic heterocycles. The van der Waals surface area contributed by atoms with E-state index in [2.05, 4.69) is 24.1 Å². The Bertz CT molecular complexity index is 306. The van der Waals surface area contributed by atoms with E-state index < -0.39 is 0 Å². The molecule has 0 aromatic rings. The maximum atomic E-state index is 12.1. The number of hydrogen-bond donors (Lipinski definition) is 1. The normalized spacial score (nSPS) is 20.9. The quantitative estimate of drug-likeness (QED) is 0.708. The Morgan fingerprint density at radius 2 is 1.76 bits per heavy atom. The molecule has 0 spiro atoms. The summed E-state index contributed by atoms with van der Waals surface area (Å²) in [6.07, 6.45) is 9.99. The number of amides is 1. The smallest absolute Gasteiger partial charge is 0.230 e. The largest absolute Gasteiger partial charge is 0.353 e. The fourth-order valence-electron chi connectivity index (χ4n) is 3.27. The summed E-state index contributed by atoms with van der Waals surface area (Å²) < 4.78 is 0. The van der Waals surface area contributed by atoms with E-state index in [-0.39, 0.29) is 5.91 Å². The summed E-state index contributed by atoms with van der Waals surface area (Å²) in [5, 5.41) is 3.92. The molecule has 0 atom stereocenters. The molecule has 1 heterocycles. The standard InChI is InChI=1S/C17H32N2OS/c1-3-5-16(6-4-2)21-13-17(20)18-14-9-11-19(12-10-14)15-7-8-15/h14-16H,3-13H2,1-2H3,(H,18,20). The maximum absolute atomic E-state index is 12.1. The third kappa shape index (κ3) is 6.19. The van der Waals surface area contributed by atoms with Crippen LogP contribution in [0.5, 0.6) is 0 Å². The first-order valence-corrected chi connectivity index (χ1v) is 9.92. The molecule has 1 aliphatic carbocycles. The Morgan fingerprint density at radius 1 is 1.14 bits per heavy atom. The molecule has 1 saturated heterocycles. The molecule has 1 N–H and O–H groups in total. The molecular weight excluding hydrogens is 280 g/mol. The summed E-state index contributed by atoms with van der Waals surface area (Å²) in [6, 6.07) is 1.30. The molecule has 4 heteroatoms. The Balaban J connectivity index is 1.60. The van der Waals surface area contributed by atoms with Crippen LogP contribution in [0.2, 0.25) is 0 Å². The third-order valence-electron chi connectivity index (χ3n) is 4.63. The van der Waals surface area contributed by atoms with Gasteiger partial charge in [-0.2, -0.15) is 0 Å². The van der Waals surface area contributed by atoms with Gasteiger partial charge in [0.1, 0.15) is 0 Å². The highest BCUT2D eigenvalue weighted by Crippen LogP contribution is 2.29. The number of rotatable bonds is 9. The van der Waals surface area contributed by atoms with E-state index in [1.807, 2.05) is 11.8 Å². The fourth-order valence-corrected chi connectivity index (χ4v) is 4.54. The summed E-state index contributed by atoms with van der Waals surface area (Å²) in [5.41, 5.74) is 0. The van der Waals surface area contributed by atoms with Gasteiger partial charge in [-0.15, -0.1) is 11.8 Å². The van der Waals surface area contributed by atoms with Crippen LogP contribution in [0.3, 0.4) is 0 Å². The summed E-state index contributed by atoms with van der Waals surface area (Å²) in [4.78, 5) is 14.7. The molecule has 0 radical (unpaired) electrons. The zero-order valence-electron chi connectivity index (χ0n) is 13.8. The second kappa shape index (κ2) is 9.04. The van der Waals surface area contributed by atoms with Gasteiger partial charge in [0, 0.05) is 30.4 Å². The van der Waals surface area contributed by atoms with Gasteiger partial charge in [0.15, 0.2) is 0 Å². The number of nitrogens with one attached hydrogen (secondary N) is 1. The van der Waals surface area contributed by atoms with Crippen molar-refractivity contribution in [3.05, 3.63) is 0 Å². The molecule has 1 saturated carbocycles. The molecule has 21 heavy (non-hydrogen) atoms. The van der Waals surface area contributed by atoms with Crippen LogP contribution in [0, 0.1) is 0 Å². The van der Waals surface area contributed by atoms with E-state index in [0.717, 1.165) is 18.9 Å². The van der Waals surface area contributed by atoms with Crippen LogP contribution < -0.4 is 5.32 Å². The SMILES string of the molecule is CCCC(CCC)SCC(=O)NC1CCN(C2CC2)CC1. The lowest BCUT2D eigenvalue weighted by Gasteiger charge is -2.32. The van der Waals surface area contributed by atoms with Crippen molar-refractivity contribution in [3.63, 3.8) is 0 Å². The van der Waals surface area contributed by atoms with Gasteiger partial charge in [-0.25, -0.2) is 0 Å². The second-order valence-corrected chi connectivity index (χ2v) is 7.91. The molecule has 3 nitrogen and oxygen atoms in total. The number of likely N-dealkylation sites (tertiary alicyclic amines) is 1. The summed E-state index contributed by atoms with van der Waals surface area (Å²) in [5.74, 6) is 0.898. The molecule has 0 bridgehead atoms. The molecule has 2 aliphatic rings. The first kappa shape index (κ1) is 17.1. The monoisotopic (exact) mass is 312 g/mol. The van der Waals surface area contributed by atoms with Crippen LogP contribution in [-0.2, 0) is 4.79 Å². The van der Waals surface area contributed by atoms with Crippen LogP contribution in [0.15, 0.2) is 0 Å². The van der Waals surface area contributed by atoms with Crippen molar-refractivity contribution in [1.29, 1.82) is 0 Å². The fraction of sp³-hybridized carbons (Fsp3) is 0.941. The van der Waals surface area contributed by atoms with Crippen molar-refractivity contribution in [2.45, 2.75) is 82.5 Å². The van der Waals surface area contributed by atoms with E-state index in [9.17, 15) is 4.79 Å². The van der Waals surface area contributed by atoms with Gasteiger partial charge in [-0.1, -0.05) is 26.7 Å². The summed E-state index contributed by atoms with van der Waals surface area (Å²) in [7, 11) is 0. The van der Waals surface area contributed by atoms with Crippen molar-refractivity contribution in [2.75, 3.05) is 18.8 Å². The lowest BCUT2D eigenvalue weighted by atomic mass is 10.1. The third-order valence-corrected chi connectivity index (χ3v) is 6.00. The number of nitrogens with zero attached hydrogens (tertiary/aromatic N) is 1. The Hall–Kier alpha value is -0.220. The number of hydrogen-bond acceptors (Lipinski definition) is 3. The lowest BCUT2D eigenvalue weighted by Crippen LogP contribution is -2.45. The van der Waals surface area contributed by atoms with Gasteiger partial charge in [-0.05, 0) is 38.5 Å². The average molecular weight is 313 g/mol. The number of piperidine rings is 1. The van der Waals surface area contributed by atoms with E-state index in [0.29, 0.717) is 17.0 Å². The number of thioether (sulfide) groups is 1. The van der Waals surface area contributed by atoms with Crippen LogP contribution in [0.1, 0.15) is 65.2 Å². The van der Waals surface area contributed by atoms with E-state index in [1.54, 1.807) is 0 Å². The van der Waals surface area contributed by atoms with E-state index in [1.165, 1.54) is 51.6 Å². The Morgan fingerprint density at radius 3 is 2.29 bits per heavy atom. The second-order valence-electron chi connectivity index (χ2n) is 6.62. The molecule has 2 rings (SSSR count). The topological polar surface area (TPSA) is 32.3 Å². The predicted octanol–water partition coefficient (Wildman–Crippen LogP) is 3.43. The van der Waals surface area contributed by atoms with Crippen molar-refractivity contribution >= 4 is 17.7 Å². The molecule has 122 valence electrons. The minimum Gasteiger partial charge on any atom is -0.353 e. The highest BCUT2D eigenvalue weighted by molar-refractivity contribution is 8.00. The highest BCUT2D eigenvalue weighted by Gasteiger charge is 2.32. The first-order chi connectivity index (χ1) is 10.2. The minimum absolute atomic E-state index is 0.252. The van der Waals surface area contributed by atoms with E-state index >= 15 is 0 Å². The summed E-state index contributed by atoms with van der Waals surface area (Å²) >= 11 is 1.86. The van der Waals surface area contributed by atoms with Crippen molar-refractivity contribution < 1.29 is 4.79 Å². The molecular formula is C17H32N2OS. The summed E-state index contributed by atoms with van der Waals surface area (Å²) in [6.45, 7) is 6.82. The van der Waals surface area contributed by atoms with Crippen molar-refractivity contribution in [2.24, 2.45) is 0 Å². The molecule has 2 fully saturated rings. The van der Waals surface area contributed by atoms with Crippen molar-refractivity contribution in [1.82, 2.24) is 10.2 Å². The number of carbonyl (C=O) groups excluding carboxylic acids is 1. The lowest BCUT2D eigenvalue weighted by molar-refractivity contribution is -0.119. The molecule has 0 unspecified atom stereocenters. The Labute approximate surface area is 134 Å². The molecule has 0 aromatic heterocycles. The maximum Gasteiger partial charge on any atom is 0.230 e. The van der Waals surface area contributed by atoms with Crippen LogP contribution in [0.4, 0.5) is 0 Å². The molecule has 1 amide bonds. The van der Waals surface area contributed by atoms with Gasteiger partial charge in [0.05, 0.1) is 5.75 Å².